The third-order valence-corrected chi connectivity index (χ3v) is 3.55. The van der Waals surface area contributed by atoms with E-state index >= 15 is 0 Å². The maximum Gasteiger partial charge on any atom is 0.238 e. The minimum absolute atomic E-state index is 0.0776. The third-order valence-electron chi connectivity index (χ3n) is 3.55. The van der Waals surface area contributed by atoms with Crippen molar-refractivity contribution in [2.75, 3.05) is 33.1 Å². The monoisotopic (exact) mass is 350 g/mol. The Bertz CT molecular complexity index is 753. The fraction of sp³-hybridized carbons (Fsp3) is 0.278. The molecule has 0 unspecified atom stereocenters. The van der Waals surface area contributed by atoms with Crippen LogP contribution in [0.5, 0.6) is 11.5 Å². The minimum Gasteiger partial charge on any atom is -0.497 e. The molecule has 0 aliphatic heterocycles. The molecule has 0 saturated heterocycles. The van der Waals surface area contributed by atoms with Gasteiger partial charge in [-0.05, 0) is 25.2 Å². The fourth-order valence-corrected chi connectivity index (χ4v) is 2.35. The highest BCUT2D eigenvalue weighted by molar-refractivity contribution is 5.92. The molecule has 1 N–H and O–H groups in total. The van der Waals surface area contributed by atoms with Crippen molar-refractivity contribution in [1.29, 1.82) is 0 Å². The van der Waals surface area contributed by atoms with Gasteiger partial charge in [0.15, 0.2) is 11.6 Å². The molecule has 0 bridgehead atoms. The van der Waals surface area contributed by atoms with Crippen molar-refractivity contribution in [1.82, 2.24) is 4.90 Å². The van der Waals surface area contributed by atoms with E-state index in [2.05, 4.69) is 5.32 Å². The molecular weight excluding hydrogens is 330 g/mol. The standard InChI is InChI=1S/C18H20F2N2O3/c1-22(10-12-4-6-14(24-2)9-17(12)25-3)11-18(23)21-13-5-7-15(19)16(20)8-13/h4-9H,10-11H2,1-3H3,(H,21,23). The first-order valence-electron chi connectivity index (χ1n) is 7.57. The van der Waals surface area contributed by atoms with Crippen molar-refractivity contribution in [2.45, 2.75) is 6.54 Å². The van der Waals surface area contributed by atoms with Crippen molar-refractivity contribution in [3.63, 3.8) is 0 Å². The smallest absolute Gasteiger partial charge is 0.238 e. The molecule has 0 spiro atoms. The van der Waals surface area contributed by atoms with E-state index in [9.17, 15) is 13.6 Å². The van der Waals surface area contributed by atoms with E-state index in [1.54, 1.807) is 32.2 Å². The Kier molecular flexibility index (Phi) is 6.30. The van der Waals surface area contributed by atoms with Crippen LogP contribution in [0.4, 0.5) is 14.5 Å². The zero-order valence-corrected chi connectivity index (χ0v) is 14.3. The SMILES string of the molecule is COc1ccc(CN(C)CC(=O)Nc2ccc(F)c(F)c2)c(OC)c1. The first-order chi connectivity index (χ1) is 11.9. The largest absolute Gasteiger partial charge is 0.497 e. The molecule has 0 saturated carbocycles. The Morgan fingerprint density at radius 3 is 2.48 bits per heavy atom. The number of carbonyl (C=O) groups excluding carboxylic acids is 1. The fourth-order valence-electron chi connectivity index (χ4n) is 2.35. The number of carbonyl (C=O) groups is 1. The predicted molar refractivity (Wildman–Crippen MR) is 90.9 cm³/mol. The molecule has 7 heteroatoms. The van der Waals surface area contributed by atoms with Crippen molar-refractivity contribution in [2.24, 2.45) is 0 Å². The number of methoxy groups -OCH3 is 2. The van der Waals surface area contributed by atoms with Crippen LogP contribution < -0.4 is 14.8 Å². The molecule has 0 atom stereocenters. The van der Waals surface area contributed by atoms with Gasteiger partial charge >= 0.3 is 0 Å². The molecule has 2 aromatic rings. The average molecular weight is 350 g/mol. The molecule has 0 aliphatic carbocycles. The second-order valence-electron chi connectivity index (χ2n) is 5.53. The molecule has 2 rings (SSSR count). The maximum absolute atomic E-state index is 13.2. The molecule has 0 radical (unpaired) electrons. The second-order valence-corrected chi connectivity index (χ2v) is 5.53. The van der Waals surface area contributed by atoms with E-state index in [-0.39, 0.29) is 18.1 Å². The quantitative estimate of drug-likeness (QED) is 0.834. The normalized spacial score (nSPS) is 10.6. The van der Waals surface area contributed by atoms with Gasteiger partial charge in [0.05, 0.1) is 20.8 Å². The summed E-state index contributed by atoms with van der Waals surface area (Å²) < 4.78 is 36.5. The van der Waals surface area contributed by atoms with Gasteiger partial charge in [-0.3, -0.25) is 9.69 Å². The number of anilines is 1. The molecule has 5 nitrogen and oxygen atoms in total. The summed E-state index contributed by atoms with van der Waals surface area (Å²) >= 11 is 0. The summed E-state index contributed by atoms with van der Waals surface area (Å²) in [6, 6.07) is 8.67. The molecule has 0 aliphatic rings. The minimum atomic E-state index is -1.01. The van der Waals surface area contributed by atoms with Crippen molar-refractivity contribution in [3.8, 4) is 11.5 Å². The summed E-state index contributed by atoms with van der Waals surface area (Å²) in [6.45, 7) is 0.548. The number of rotatable bonds is 7. The van der Waals surface area contributed by atoms with Crippen LogP contribution in [-0.4, -0.2) is 38.6 Å². The van der Waals surface area contributed by atoms with Crippen LogP contribution >= 0.6 is 0 Å². The molecule has 2 aromatic carbocycles. The van der Waals surface area contributed by atoms with E-state index in [1.165, 1.54) is 6.07 Å². The lowest BCUT2D eigenvalue weighted by Crippen LogP contribution is -2.30. The summed E-state index contributed by atoms with van der Waals surface area (Å²) in [5, 5.41) is 2.53. The summed E-state index contributed by atoms with van der Waals surface area (Å²) in [5.74, 6) is -0.955. The first-order valence-corrected chi connectivity index (χ1v) is 7.57. The van der Waals surface area contributed by atoms with Gasteiger partial charge in [-0.25, -0.2) is 8.78 Å². The summed E-state index contributed by atoms with van der Waals surface area (Å²) in [6.07, 6.45) is 0. The Balaban J connectivity index is 1.96. The number of benzene rings is 2. The number of nitrogens with zero attached hydrogens (tertiary/aromatic N) is 1. The van der Waals surface area contributed by atoms with E-state index in [0.717, 1.165) is 17.7 Å². The molecule has 0 aromatic heterocycles. The van der Waals surface area contributed by atoms with Crippen LogP contribution in [0.15, 0.2) is 36.4 Å². The van der Waals surface area contributed by atoms with Crippen LogP contribution in [0, 0.1) is 11.6 Å². The van der Waals surface area contributed by atoms with Gasteiger partial charge in [0.2, 0.25) is 5.91 Å². The number of hydrogen-bond acceptors (Lipinski definition) is 4. The summed E-state index contributed by atoms with van der Waals surface area (Å²) in [7, 11) is 4.91. The van der Waals surface area contributed by atoms with Gasteiger partial charge in [-0.2, -0.15) is 0 Å². The molecule has 1 amide bonds. The molecule has 25 heavy (non-hydrogen) atoms. The van der Waals surface area contributed by atoms with Crippen LogP contribution in [0.1, 0.15) is 5.56 Å². The maximum atomic E-state index is 13.2. The lowest BCUT2D eigenvalue weighted by molar-refractivity contribution is -0.117. The van der Waals surface area contributed by atoms with E-state index < -0.39 is 11.6 Å². The highest BCUT2D eigenvalue weighted by atomic mass is 19.2. The highest BCUT2D eigenvalue weighted by Gasteiger charge is 2.12. The van der Waals surface area contributed by atoms with Gasteiger partial charge in [0.1, 0.15) is 11.5 Å². The van der Waals surface area contributed by atoms with Crippen molar-refractivity contribution < 1.29 is 23.0 Å². The number of ether oxygens (including phenoxy) is 2. The molecule has 0 heterocycles. The van der Waals surface area contributed by atoms with Gasteiger partial charge in [-0.1, -0.05) is 6.07 Å². The van der Waals surface area contributed by atoms with Crippen molar-refractivity contribution >= 4 is 11.6 Å². The van der Waals surface area contributed by atoms with Gasteiger partial charge in [-0.15, -0.1) is 0 Å². The molecular formula is C18H20F2N2O3. The second kappa shape index (κ2) is 8.43. The third kappa shape index (κ3) is 5.15. The van der Waals surface area contributed by atoms with E-state index in [4.69, 9.17) is 9.47 Å². The van der Waals surface area contributed by atoms with E-state index in [1.807, 2.05) is 12.1 Å². The Morgan fingerprint density at radius 1 is 1.08 bits per heavy atom. The lowest BCUT2D eigenvalue weighted by atomic mass is 10.2. The number of likely N-dealkylation sites (N-methyl/N-ethyl adjacent to an activating group) is 1. The van der Waals surface area contributed by atoms with Crippen LogP contribution in [0.3, 0.4) is 0 Å². The summed E-state index contributed by atoms with van der Waals surface area (Å²) in [4.78, 5) is 13.8. The van der Waals surface area contributed by atoms with Crippen LogP contribution in [0.25, 0.3) is 0 Å². The number of amides is 1. The van der Waals surface area contributed by atoms with Gasteiger partial charge in [0, 0.05) is 29.9 Å². The molecule has 134 valence electrons. The molecule has 0 fully saturated rings. The zero-order chi connectivity index (χ0) is 18.4. The average Bonchev–Trinajstić information content (AvgIpc) is 2.58. The first kappa shape index (κ1) is 18.7. The van der Waals surface area contributed by atoms with Gasteiger partial charge in [0.25, 0.3) is 0 Å². The number of nitrogens with one attached hydrogen (secondary N) is 1. The van der Waals surface area contributed by atoms with E-state index in [0.29, 0.717) is 18.0 Å². The van der Waals surface area contributed by atoms with Crippen LogP contribution in [0.2, 0.25) is 0 Å². The number of hydrogen-bond donors (Lipinski definition) is 1. The number of halogens is 2. The van der Waals surface area contributed by atoms with Crippen LogP contribution in [-0.2, 0) is 11.3 Å². The Labute approximate surface area is 145 Å². The zero-order valence-electron chi connectivity index (χ0n) is 14.3. The van der Waals surface area contributed by atoms with Crippen molar-refractivity contribution in [3.05, 3.63) is 53.6 Å². The Hall–Kier alpha value is -2.67. The highest BCUT2D eigenvalue weighted by Crippen LogP contribution is 2.25. The van der Waals surface area contributed by atoms with Gasteiger partial charge < -0.3 is 14.8 Å². The topological polar surface area (TPSA) is 50.8 Å². The summed E-state index contributed by atoms with van der Waals surface area (Å²) in [5.41, 5.74) is 1.10. The lowest BCUT2D eigenvalue weighted by Gasteiger charge is -2.18. The Morgan fingerprint density at radius 2 is 1.84 bits per heavy atom. The predicted octanol–water partition coefficient (Wildman–Crippen LogP) is 3.05.